The lowest BCUT2D eigenvalue weighted by molar-refractivity contribution is -0.143. The molecule has 0 atom stereocenters. The molecule has 176 valence electrons. The van der Waals surface area contributed by atoms with Gasteiger partial charge in [0.2, 0.25) is 9.84 Å². The Bertz CT molecular complexity index is 1300. The average Bonchev–Trinajstić information content (AvgIpc) is 3.18. The van der Waals surface area contributed by atoms with Crippen LogP contribution in [0.25, 0.3) is 11.1 Å². The van der Waals surface area contributed by atoms with E-state index in [2.05, 4.69) is 0 Å². The van der Waals surface area contributed by atoms with Crippen LogP contribution in [-0.2, 0) is 22.2 Å². The van der Waals surface area contributed by atoms with Crippen molar-refractivity contribution in [2.75, 3.05) is 6.26 Å². The summed E-state index contributed by atoms with van der Waals surface area (Å²) in [5.41, 5.74) is 1.85. The van der Waals surface area contributed by atoms with Gasteiger partial charge < -0.3 is 5.73 Å². The molecule has 0 amide bonds. The zero-order valence-electron chi connectivity index (χ0n) is 16.5. The van der Waals surface area contributed by atoms with Crippen molar-refractivity contribution in [3.05, 3.63) is 64.5 Å². The Balaban J connectivity index is 2.18. The van der Waals surface area contributed by atoms with Crippen LogP contribution in [0.2, 0.25) is 0 Å². The van der Waals surface area contributed by atoms with Crippen molar-refractivity contribution in [2.45, 2.75) is 26.4 Å². The number of hydrogen-bond acceptors (Lipinski definition) is 5. The van der Waals surface area contributed by atoms with E-state index in [1.807, 2.05) is 0 Å². The van der Waals surface area contributed by atoms with Gasteiger partial charge in [0.25, 0.3) is 0 Å². The molecule has 0 fully saturated rings. The Kier molecular flexibility index (Phi) is 6.61. The van der Waals surface area contributed by atoms with Gasteiger partial charge in [0.05, 0.1) is 30.0 Å². The number of benzene rings is 2. The van der Waals surface area contributed by atoms with E-state index in [1.165, 1.54) is 24.3 Å². The molecule has 0 saturated carbocycles. The van der Waals surface area contributed by atoms with Crippen molar-refractivity contribution in [1.29, 1.82) is 5.41 Å². The lowest BCUT2D eigenvalue weighted by Crippen LogP contribution is -2.11. The van der Waals surface area contributed by atoms with E-state index in [4.69, 9.17) is 11.1 Å². The Hall–Kier alpha value is -2.51. The van der Waals surface area contributed by atoms with Gasteiger partial charge in [-0.05, 0) is 53.8 Å². The molecule has 3 rings (SSSR count). The van der Waals surface area contributed by atoms with Gasteiger partial charge in [-0.3, -0.25) is 5.41 Å². The van der Waals surface area contributed by atoms with Gasteiger partial charge in [-0.15, -0.1) is 23.1 Å². The van der Waals surface area contributed by atoms with Gasteiger partial charge in [-0.25, -0.2) is 8.42 Å². The Labute approximate surface area is 192 Å². The number of thiophene rings is 1. The monoisotopic (exact) mass is 524 g/mol. The predicted octanol–water partition coefficient (Wildman–Crippen LogP) is 6.29. The number of amidine groups is 1. The highest BCUT2D eigenvalue weighted by molar-refractivity contribution is 8.01. The molecule has 0 spiro atoms. The second-order valence-electron chi connectivity index (χ2n) is 6.71. The summed E-state index contributed by atoms with van der Waals surface area (Å²) in [5, 5.41) is 7.52. The van der Waals surface area contributed by atoms with E-state index in [0.717, 1.165) is 29.2 Å². The van der Waals surface area contributed by atoms with Gasteiger partial charge >= 0.3 is 12.4 Å². The summed E-state index contributed by atoms with van der Waals surface area (Å²) in [4.78, 5) is -0.265. The number of halogens is 6. The maximum atomic E-state index is 13.2. The Morgan fingerprint density at radius 2 is 1.52 bits per heavy atom. The number of thioether (sulfide) groups is 1. The van der Waals surface area contributed by atoms with Crippen LogP contribution >= 0.6 is 23.1 Å². The van der Waals surface area contributed by atoms with Crippen molar-refractivity contribution in [1.82, 2.24) is 0 Å². The minimum atomic E-state index is -5.04. The van der Waals surface area contributed by atoms with Crippen molar-refractivity contribution >= 4 is 38.8 Å². The number of nitrogens with one attached hydrogen (secondary N) is 1. The molecular weight excluding hydrogens is 510 g/mol. The largest absolute Gasteiger partial charge is 0.416 e. The lowest BCUT2D eigenvalue weighted by atomic mass is 9.99. The number of nitrogens with two attached hydrogens (primary N) is 1. The van der Waals surface area contributed by atoms with E-state index in [1.54, 1.807) is 6.26 Å². The van der Waals surface area contributed by atoms with E-state index in [0.29, 0.717) is 16.3 Å². The third kappa shape index (κ3) is 5.20. The molecule has 1 heterocycles. The third-order valence-corrected chi connectivity index (χ3v) is 8.81. The van der Waals surface area contributed by atoms with Crippen LogP contribution in [-0.4, -0.2) is 20.5 Å². The first-order valence-corrected chi connectivity index (χ1v) is 12.3. The predicted molar refractivity (Wildman–Crippen MR) is 114 cm³/mol. The Morgan fingerprint density at radius 3 is 2.00 bits per heavy atom. The van der Waals surface area contributed by atoms with Crippen LogP contribution in [0.15, 0.2) is 62.5 Å². The first-order valence-electron chi connectivity index (χ1n) is 8.82. The quantitative estimate of drug-likeness (QED) is 0.178. The van der Waals surface area contributed by atoms with Gasteiger partial charge in [-0.2, -0.15) is 26.3 Å². The SMILES string of the molecule is CSc1sc(C(=N)N)cc1S(=O)(=O)c1cccc(-c2cc(C(F)(F)F)cc(C(F)(F)F)c2)c1. The molecule has 0 aliphatic carbocycles. The lowest BCUT2D eigenvalue weighted by Gasteiger charge is -2.15. The number of sulfone groups is 1. The molecule has 1 aromatic heterocycles. The molecule has 3 N–H and O–H groups in total. The highest BCUT2D eigenvalue weighted by atomic mass is 32.2. The number of alkyl halides is 6. The summed E-state index contributed by atoms with van der Waals surface area (Å²) in [6.45, 7) is 0. The maximum Gasteiger partial charge on any atom is 0.416 e. The zero-order valence-corrected chi connectivity index (χ0v) is 19.0. The van der Waals surface area contributed by atoms with Crippen LogP contribution < -0.4 is 5.73 Å². The molecule has 0 aliphatic rings. The Morgan fingerprint density at radius 1 is 0.939 bits per heavy atom. The molecule has 0 saturated heterocycles. The van der Waals surface area contributed by atoms with Crippen LogP contribution in [0.1, 0.15) is 16.0 Å². The van der Waals surface area contributed by atoms with Gasteiger partial charge in [0, 0.05) is 0 Å². The molecule has 33 heavy (non-hydrogen) atoms. The molecule has 0 aliphatic heterocycles. The number of nitrogen functional groups attached to an aromatic ring is 1. The van der Waals surface area contributed by atoms with E-state index in [-0.39, 0.29) is 32.1 Å². The first-order chi connectivity index (χ1) is 15.1. The fourth-order valence-corrected chi connectivity index (χ4v) is 6.81. The maximum absolute atomic E-state index is 13.2. The average molecular weight is 525 g/mol. The van der Waals surface area contributed by atoms with Crippen molar-refractivity contribution in [2.24, 2.45) is 5.73 Å². The van der Waals surface area contributed by atoms with Gasteiger partial charge in [0.15, 0.2) is 0 Å². The summed E-state index contributed by atoms with van der Waals surface area (Å²) >= 11 is 2.09. The van der Waals surface area contributed by atoms with Gasteiger partial charge in [-0.1, -0.05) is 12.1 Å². The number of hydrogen-bond donors (Lipinski definition) is 2. The summed E-state index contributed by atoms with van der Waals surface area (Å²) in [6, 6.07) is 6.94. The van der Waals surface area contributed by atoms with Crippen LogP contribution in [0, 0.1) is 5.41 Å². The highest BCUT2D eigenvalue weighted by Gasteiger charge is 2.37. The smallest absolute Gasteiger partial charge is 0.383 e. The molecule has 13 heteroatoms. The van der Waals surface area contributed by atoms with Crippen molar-refractivity contribution < 1.29 is 34.8 Å². The summed E-state index contributed by atoms with van der Waals surface area (Å²) in [6.07, 6.45) is -8.45. The van der Waals surface area contributed by atoms with Crippen molar-refractivity contribution in [3.63, 3.8) is 0 Å². The number of rotatable bonds is 5. The van der Waals surface area contributed by atoms with Crippen LogP contribution in [0.3, 0.4) is 0 Å². The first kappa shape index (κ1) is 25.1. The normalized spacial score (nSPS) is 12.7. The highest BCUT2D eigenvalue weighted by Crippen LogP contribution is 2.40. The standard InChI is InChI=1S/C20H14F6N2O2S3/c1-31-18-16(9-15(32-18)17(27)28)33(29,30)14-4-2-3-10(7-14)11-5-12(19(21,22)23)8-13(6-11)20(24,25)26/h2-9H,1H3,(H3,27,28). The molecule has 0 radical (unpaired) electrons. The second-order valence-corrected chi connectivity index (χ2v) is 10.8. The fraction of sp³-hybridized carbons (Fsp3) is 0.150. The fourth-order valence-electron chi connectivity index (χ4n) is 2.91. The van der Waals surface area contributed by atoms with E-state index >= 15 is 0 Å². The molecule has 2 aromatic carbocycles. The van der Waals surface area contributed by atoms with Crippen LogP contribution in [0.5, 0.6) is 0 Å². The zero-order chi connectivity index (χ0) is 24.8. The molecule has 0 unspecified atom stereocenters. The summed E-state index contributed by atoms with van der Waals surface area (Å²) in [7, 11) is -4.21. The molecule has 4 nitrogen and oxygen atoms in total. The summed E-state index contributed by atoms with van der Waals surface area (Å²) < 4.78 is 106. The van der Waals surface area contributed by atoms with E-state index in [9.17, 15) is 34.8 Å². The van der Waals surface area contributed by atoms with Crippen LogP contribution in [0.4, 0.5) is 26.3 Å². The van der Waals surface area contributed by atoms with Crippen molar-refractivity contribution in [3.8, 4) is 11.1 Å². The summed E-state index contributed by atoms with van der Waals surface area (Å²) in [5.74, 6) is -0.339. The van der Waals surface area contributed by atoms with E-state index < -0.39 is 38.9 Å². The third-order valence-electron chi connectivity index (χ3n) is 4.47. The minimum Gasteiger partial charge on any atom is -0.383 e. The minimum absolute atomic E-state index is 0.00346. The molecular formula is C20H14F6N2O2S3. The second kappa shape index (κ2) is 8.69. The molecule has 0 bridgehead atoms. The topological polar surface area (TPSA) is 84.0 Å². The van der Waals surface area contributed by atoms with Gasteiger partial charge in [0.1, 0.15) is 5.84 Å². The molecule has 3 aromatic rings.